The Labute approximate surface area is 199 Å². The number of thiazole rings is 1. The van der Waals surface area contributed by atoms with Gasteiger partial charge in [-0.15, -0.1) is 0 Å². The van der Waals surface area contributed by atoms with Crippen molar-refractivity contribution in [1.82, 2.24) is 14.8 Å². The van der Waals surface area contributed by atoms with Crippen molar-refractivity contribution in [3.63, 3.8) is 0 Å². The molecule has 0 aliphatic carbocycles. The largest absolute Gasteiger partial charge is 0.392 e. The van der Waals surface area contributed by atoms with Crippen molar-refractivity contribution in [2.24, 2.45) is 0 Å². The minimum absolute atomic E-state index is 0. The highest BCUT2D eigenvalue weighted by atomic mass is 32.1. The van der Waals surface area contributed by atoms with Gasteiger partial charge in [0.25, 0.3) is 0 Å². The molecule has 0 saturated carbocycles. The van der Waals surface area contributed by atoms with E-state index < -0.39 is 0 Å². The summed E-state index contributed by atoms with van der Waals surface area (Å²) >= 11 is 1.17. The molecule has 2 atom stereocenters. The number of amides is 1. The Morgan fingerprint density at radius 3 is 2.68 bits per heavy atom. The molecule has 168 valence electrons. The van der Waals surface area contributed by atoms with Gasteiger partial charge in [0.15, 0.2) is 0 Å². The third-order valence-electron chi connectivity index (χ3n) is 5.56. The summed E-state index contributed by atoms with van der Waals surface area (Å²) in [5, 5.41) is 9.87. The standard InChI is InChI=1S/C22H25N3O3S.2H2S/c1-24(21(27)12-15-7-8-20-18(11-15)23-22(28)29-20)19(16-5-3-2-4-6-16)14-25-10-9-17(26)13-25;;/h2-8,11,17,19,26H,9-10,12-14H2,1H3,(H,23,28);2*1H2/t17-,19-;;/m1../s1. The lowest BCUT2D eigenvalue weighted by molar-refractivity contribution is -0.131. The molecule has 2 aromatic carbocycles. The molecule has 1 amide bonds. The molecule has 1 aliphatic rings. The van der Waals surface area contributed by atoms with Crippen molar-refractivity contribution in [3.8, 4) is 0 Å². The molecule has 1 fully saturated rings. The van der Waals surface area contributed by atoms with Gasteiger partial charge >= 0.3 is 4.87 Å². The Morgan fingerprint density at radius 2 is 2.00 bits per heavy atom. The zero-order chi connectivity index (χ0) is 20.4. The fraction of sp³-hybridized carbons (Fsp3) is 0.364. The summed E-state index contributed by atoms with van der Waals surface area (Å²) in [6.07, 6.45) is 0.765. The van der Waals surface area contributed by atoms with Gasteiger partial charge in [-0.3, -0.25) is 14.5 Å². The monoisotopic (exact) mass is 479 g/mol. The van der Waals surface area contributed by atoms with Crippen LogP contribution in [0.4, 0.5) is 0 Å². The maximum absolute atomic E-state index is 13.1. The van der Waals surface area contributed by atoms with Gasteiger partial charge in [-0.2, -0.15) is 27.0 Å². The van der Waals surface area contributed by atoms with Crippen LogP contribution in [0.3, 0.4) is 0 Å². The number of aromatic amines is 1. The van der Waals surface area contributed by atoms with Crippen LogP contribution in [0.15, 0.2) is 53.3 Å². The molecular weight excluding hydrogens is 450 g/mol. The number of benzene rings is 2. The van der Waals surface area contributed by atoms with Crippen LogP contribution in [0.5, 0.6) is 0 Å². The summed E-state index contributed by atoms with van der Waals surface area (Å²) in [5.74, 6) is 0.0236. The SMILES string of the molecule is CN(C(=O)Cc1ccc2sc(=O)[nH]c2c1)[C@H](CN1CC[C@@H](O)C1)c1ccccc1.S.S. The number of carbonyl (C=O) groups excluding carboxylic acids is 1. The average Bonchev–Trinajstić information content (AvgIpc) is 3.30. The van der Waals surface area contributed by atoms with Gasteiger partial charge in [0.1, 0.15) is 0 Å². The molecule has 0 bridgehead atoms. The topological polar surface area (TPSA) is 76.6 Å². The quantitative estimate of drug-likeness (QED) is 0.570. The summed E-state index contributed by atoms with van der Waals surface area (Å²) in [4.78, 5) is 31.4. The van der Waals surface area contributed by atoms with Gasteiger partial charge in [-0.05, 0) is 29.7 Å². The third-order valence-corrected chi connectivity index (χ3v) is 6.43. The van der Waals surface area contributed by atoms with Gasteiger partial charge in [-0.25, -0.2) is 0 Å². The van der Waals surface area contributed by atoms with Crippen molar-refractivity contribution in [1.29, 1.82) is 0 Å². The highest BCUT2D eigenvalue weighted by Crippen LogP contribution is 2.24. The van der Waals surface area contributed by atoms with Crippen molar-refractivity contribution in [2.75, 3.05) is 26.7 Å². The number of rotatable bonds is 6. The predicted molar refractivity (Wildman–Crippen MR) is 136 cm³/mol. The van der Waals surface area contributed by atoms with E-state index in [-0.39, 0.29) is 56.3 Å². The first-order valence-electron chi connectivity index (χ1n) is 9.82. The number of H-pyrrole nitrogens is 1. The molecule has 1 saturated heterocycles. The van der Waals surface area contributed by atoms with Crippen LogP contribution < -0.4 is 4.87 Å². The van der Waals surface area contributed by atoms with E-state index >= 15 is 0 Å². The Hall–Kier alpha value is -1.78. The second-order valence-corrected chi connectivity index (χ2v) is 8.67. The van der Waals surface area contributed by atoms with Gasteiger partial charge in [0, 0.05) is 26.7 Å². The molecule has 0 spiro atoms. The number of nitrogens with one attached hydrogen (secondary N) is 1. The summed E-state index contributed by atoms with van der Waals surface area (Å²) in [6.45, 7) is 2.18. The molecule has 9 heteroatoms. The average molecular weight is 480 g/mol. The van der Waals surface area contributed by atoms with Gasteiger partial charge in [0.2, 0.25) is 5.91 Å². The van der Waals surface area contributed by atoms with Crippen molar-refractivity contribution in [3.05, 3.63) is 69.3 Å². The number of aromatic nitrogens is 1. The summed E-state index contributed by atoms with van der Waals surface area (Å²) in [6, 6.07) is 15.6. The summed E-state index contributed by atoms with van der Waals surface area (Å²) < 4.78 is 0.898. The minimum atomic E-state index is -0.285. The fourth-order valence-corrected chi connectivity index (χ4v) is 4.65. The number of nitrogens with zero attached hydrogens (tertiary/aromatic N) is 2. The van der Waals surface area contributed by atoms with Crippen LogP contribution >= 0.6 is 38.3 Å². The van der Waals surface area contributed by atoms with Crippen LogP contribution in [0.2, 0.25) is 0 Å². The predicted octanol–water partition coefficient (Wildman–Crippen LogP) is 2.62. The molecule has 1 aliphatic heterocycles. The Kier molecular flexibility index (Phi) is 9.20. The highest BCUT2D eigenvalue weighted by Gasteiger charge is 2.28. The smallest absolute Gasteiger partial charge is 0.305 e. The number of likely N-dealkylation sites (tertiary alicyclic amines) is 1. The number of β-amino-alcohol motifs (C(OH)–C–C–N with tert-alkyl or cyclic N) is 1. The van der Waals surface area contributed by atoms with E-state index in [4.69, 9.17) is 0 Å². The number of aliphatic hydroxyl groups is 1. The molecule has 2 heterocycles. The van der Waals surface area contributed by atoms with E-state index in [1.54, 1.807) is 4.90 Å². The minimum Gasteiger partial charge on any atom is -0.392 e. The van der Waals surface area contributed by atoms with Crippen LogP contribution in [-0.2, 0) is 11.2 Å². The first-order chi connectivity index (χ1) is 14.0. The van der Waals surface area contributed by atoms with Crippen molar-refractivity contribution < 1.29 is 9.90 Å². The van der Waals surface area contributed by atoms with E-state index in [9.17, 15) is 14.7 Å². The van der Waals surface area contributed by atoms with E-state index in [0.717, 1.165) is 34.3 Å². The number of hydrogen-bond acceptors (Lipinski definition) is 5. The Bertz CT molecular complexity index is 1050. The Balaban J connectivity index is 0.00000171. The van der Waals surface area contributed by atoms with Crippen molar-refractivity contribution in [2.45, 2.75) is 25.0 Å². The maximum Gasteiger partial charge on any atom is 0.305 e. The lowest BCUT2D eigenvalue weighted by Crippen LogP contribution is -2.39. The number of fused-ring (bicyclic) bond motifs is 1. The molecule has 6 nitrogen and oxygen atoms in total. The second-order valence-electron chi connectivity index (χ2n) is 7.66. The molecule has 31 heavy (non-hydrogen) atoms. The third kappa shape index (κ3) is 6.14. The molecule has 1 aromatic heterocycles. The first-order valence-corrected chi connectivity index (χ1v) is 10.6. The summed E-state index contributed by atoms with van der Waals surface area (Å²) in [5.41, 5.74) is 2.74. The molecule has 0 radical (unpaired) electrons. The lowest BCUT2D eigenvalue weighted by Gasteiger charge is -2.32. The molecule has 2 N–H and O–H groups in total. The van der Waals surface area contributed by atoms with Crippen LogP contribution in [0, 0.1) is 0 Å². The first kappa shape index (κ1) is 25.5. The molecule has 0 unspecified atom stereocenters. The maximum atomic E-state index is 13.1. The van der Waals surface area contributed by atoms with E-state index in [2.05, 4.69) is 9.88 Å². The van der Waals surface area contributed by atoms with Crippen LogP contribution in [-0.4, -0.2) is 58.6 Å². The second kappa shape index (κ2) is 11.2. The number of aliphatic hydroxyl groups excluding tert-OH is 1. The van der Waals surface area contributed by atoms with E-state index in [1.807, 2.05) is 55.6 Å². The lowest BCUT2D eigenvalue weighted by atomic mass is 10.0. The zero-order valence-electron chi connectivity index (χ0n) is 17.4. The number of carbonyl (C=O) groups is 1. The number of likely N-dealkylation sites (N-methyl/N-ethyl adjacent to an activating group) is 1. The molecule has 3 aromatic rings. The Morgan fingerprint density at radius 1 is 1.26 bits per heavy atom. The van der Waals surface area contributed by atoms with Gasteiger partial charge in [0.05, 0.1) is 28.8 Å². The number of hydrogen-bond donors (Lipinski definition) is 2. The van der Waals surface area contributed by atoms with Gasteiger partial charge in [-0.1, -0.05) is 47.7 Å². The highest BCUT2D eigenvalue weighted by molar-refractivity contribution is 7.59. The van der Waals surface area contributed by atoms with Crippen molar-refractivity contribution >= 4 is 54.5 Å². The normalized spacial score (nSPS) is 17.0. The van der Waals surface area contributed by atoms with Crippen LogP contribution in [0.25, 0.3) is 10.2 Å². The van der Waals surface area contributed by atoms with E-state index in [1.165, 1.54) is 11.3 Å². The summed E-state index contributed by atoms with van der Waals surface area (Å²) in [7, 11) is 1.84. The molecular formula is C22H29N3O3S3. The fourth-order valence-electron chi connectivity index (χ4n) is 3.93. The van der Waals surface area contributed by atoms with Gasteiger partial charge < -0.3 is 15.0 Å². The zero-order valence-corrected chi connectivity index (χ0v) is 20.2. The van der Waals surface area contributed by atoms with E-state index in [0.29, 0.717) is 13.1 Å². The van der Waals surface area contributed by atoms with Crippen LogP contribution in [0.1, 0.15) is 23.6 Å². The molecule has 4 rings (SSSR count).